The molecule has 0 bridgehead atoms. The van der Waals surface area contributed by atoms with Crippen LogP contribution in [-0.4, -0.2) is 56.3 Å². The Morgan fingerprint density at radius 2 is 1.74 bits per heavy atom. The van der Waals surface area contributed by atoms with Crippen molar-refractivity contribution in [3.05, 3.63) is 66.8 Å². The molecule has 0 unspecified atom stereocenters. The number of nitrogens with zero attached hydrogens (tertiary/aromatic N) is 6. The van der Waals surface area contributed by atoms with E-state index in [1.807, 2.05) is 42.7 Å². The molecule has 0 spiro atoms. The normalized spacial score (nSPS) is 21.8. The molecule has 2 N–H and O–H groups in total. The van der Waals surface area contributed by atoms with Crippen molar-refractivity contribution in [3.63, 3.8) is 0 Å². The summed E-state index contributed by atoms with van der Waals surface area (Å²) in [5, 5.41) is 11.6. The Labute approximate surface area is 223 Å². The van der Waals surface area contributed by atoms with E-state index in [2.05, 4.69) is 53.8 Å². The van der Waals surface area contributed by atoms with E-state index in [1.165, 1.54) is 19.3 Å². The molecule has 196 valence electrons. The minimum atomic E-state index is 0.310. The fourth-order valence-electron chi connectivity index (χ4n) is 5.63. The first kappa shape index (κ1) is 24.5. The van der Waals surface area contributed by atoms with Gasteiger partial charge < -0.3 is 20.1 Å². The van der Waals surface area contributed by atoms with Gasteiger partial charge in [0.15, 0.2) is 0 Å². The summed E-state index contributed by atoms with van der Waals surface area (Å²) in [6.45, 7) is 3.78. The van der Waals surface area contributed by atoms with Gasteiger partial charge in [-0.1, -0.05) is 48.3 Å². The van der Waals surface area contributed by atoms with E-state index in [-0.39, 0.29) is 0 Å². The maximum Gasteiger partial charge on any atom is 0.223 e. The lowest BCUT2D eigenvalue weighted by Gasteiger charge is -2.40. The van der Waals surface area contributed by atoms with Gasteiger partial charge >= 0.3 is 0 Å². The quantitative estimate of drug-likeness (QED) is 0.360. The maximum atomic E-state index is 5.09. The van der Waals surface area contributed by atoms with Crippen LogP contribution in [0.4, 0.5) is 11.6 Å². The fraction of sp³-hybridized carbons (Fsp3) is 0.414. The molecule has 1 saturated carbocycles. The molecule has 3 aromatic heterocycles. The maximum absolute atomic E-state index is 5.09. The van der Waals surface area contributed by atoms with Crippen molar-refractivity contribution in [2.45, 2.75) is 63.6 Å². The molecule has 0 amide bonds. The first-order valence-corrected chi connectivity index (χ1v) is 13.6. The number of hydrogen-bond donors (Lipinski definition) is 2. The molecule has 2 fully saturated rings. The van der Waals surface area contributed by atoms with Crippen LogP contribution in [0.3, 0.4) is 0 Å². The summed E-state index contributed by atoms with van der Waals surface area (Å²) in [5.41, 5.74) is 3.91. The second kappa shape index (κ2) is 11.3. The second-order valence-electron chi connectivity index (χ2n) is 10.3. The zero-order chi connectivity index (χ0) is 25.7. The van der Waals surface area contributed by atoms with E-state index in [4.69, 9.17) is 9.51 Å². The largest absolute Gasteiger partial charge is 0.369 e. The lowest BCUT2D eigenvalue weighted by Crippen LogP contribution is -2.55. The summed E-state index contributed by atoms with van der Waals surface area (Å²) in [5.74, 6) is 1.78. The molecular weight excluding hydrogens is 476 g/mol. The Bertz CT molecular complexity index is 1330. The first-order chi connectivity index (χ1) is 18.7. The predicted molar refractivity (Wildman–Crippen MR) is 148 cm³/mol. The van der Waals surface area contributed by atoms with Gasteiger partial charge in [0, 0.05) is 49.9 Å². The molecule has 9 nitrogen and oxygen atoms in total. The minimum Gasteiger partial charge on any atom is -0.369 e. The van der Waals surface area contributed by atoms with Crippen LogP contribution >= 0.6 is 0 Å². The third-order valence-corrected chi connectivity index (χ3v) is 7.55. The number of piperidine rings is 1. The topological polar surface area (TPSA) is 105 Å². The van der Waals surface area contributed by atoms with Crippen molar-refractivity contribution in [1.82, 2.24) is 30.4 Å². The number of aryl methyl sites for hydroxylation is 1. The van der Waals surface area contributed by atoms with Gasteiger partial charge in [0.2, 0.25) is 17.7 Å². The van der Waals surface area contributed by atoms with Gasteiger partial charge in [0.05, 0.1) is 17.6 Å². The number of aromatic nitrogens is 5. The highest BCUT2D eigenvalue weighted by atomic mass is 16.5. The minimum absolute atomic E-state index is 0.310. The van der Waals surface area contributed by atoms with Gasteiger partial charge in [-0.2, -0.15) is 4.98 Å². The van der Waals surface area contributed by atoms with Crippen LogP contribution in [0.5, 0.6) is 0 Å². The zero-order valence-corrected chi connectivity index (χ0v) is 21.8. The lowest BCUT2D eigenvalue weighted by molar-refractivity contribution is 0.293. The van der Waals surface area contributed by atoms with Gasteiger partial charge in [-0.25, -0.2) is 9.97 Å². The molecule has 1 aliphatic heterocycles. The van der Waals surface area contributed by atoms with Gasteiger partial charge in [-0.15, -0.1) is 0 Å². The van der Waals surface area contributed by atoms with Crippen LogP contribution in [0.2, 0.25) is 0 Å². The van der Waals surface area contributed by atoms with E-state index in [9.17, 15) is 0 Å². The molecule has 4 heterocycles. The zero-order valence-electron chi connectivity index (χ0n) is 21.8. The number of nitrogens with one attached hydrogen (secondary N) is 2. The van der Waals surface area contributed by atoms with E-state index < -0.39 is 0 Å². The summed E-state index contributed by atoms with van der Waals surface area (Å²) < 4.78 is 5.09. The smallest absolute Gasteiger partial charge is 0.223 e. The summed E-state index contributed by atoms with van der Waals surface area (Å²) in [6.07, 6.45) is 10.8. The van der Waals surface area contributed by atoms with Crippen LogP contribution in [0.1, 0.15) is 44.4 Å². The number of hydrogen-bond acceptors (Lipinski definition) is 9. The average molecular weight is 511 g/mol. The summed E-state index contributed by atoms with van der Waals surface area (Å²) in [7, 11) is 0. The molecule has 1 aliphatic carbocycles. The Kier molecular flexibility index (Phi) is 7.26. The van der Waals surface area contributed by atoms with Crippen LogP contribution in [0.15, 0.2) is 65.4 Å². The standard InChI is InChI=1S/C29H34N8O/c1-20-32-28(36-38-20)27-14-13-23(18-31-27)37-17-7-10-22(19-37)33-25-11-5-6-12-26(25)35-29-30-16-15-24(34-29)21-8-3-2-4-9-21/h2-4,8-9,13-16,18,22,25-26,33H,5-7,10-12,17,19H2,1H3,(H,30,34,35)/t22-,25+,26+/m0/s1. The molecule has 2 aliphatic rings. The number of rotatable bonds is 7. The highest BCUT2D eigenvalue weighted by Crippen LogP contribution is 2.26. The molecule has 1 aromatic carbocycles. The van der Waals surface area contributed by atoms with Crippen LogP contribution < -0.4 is 15.5 Å². The van der Waals surface area contributed by atoms with Crippen molar-refractivity contribution >= 4 is 11.6 Å². The third kappa shape index (κ3) is 5.67. The van der Waals surface area contributed by atoms with Crippen molar-refractivity contribution in [2.24, 2.45) is 0 Å². The summed E-state index contributed by atoms with van der Waals surface area (Å²) in [4.78, 5) is 20.7. The summed E-state index contributed by atoms with van der Waals surface area (Å²) in [6, 6.07) is 17.4. The van der Waals surface area contributed by atoms with E-state index in [0.717, 1.165) is 55.0 Å². The van der Waals surface area contributed by atoms with Gasteiger partial charge in [0.25, 0.3) is 0 Å². The van der Waals surface area contributed by atoms with Crippen molar-refractivity contribution in [2.75, 3.05) is 23.3 Å². The highest BCUT2D eigenvalue weighted by Gasteiger charge is 2.30. The molecule has 0 radical (unpaired) electrons. The first-order valence-electron chi connectivity index (χ1n) is 13.6. The van der Waals surface area contributed by atoms with Crippen LogP contribution in [0, 0.1) is 6.92 Å². The predicted octanol–water partition coefficient (Wildman–Crippen LogP) is 4.88. The second-order valence-corrected chi connectivity index (χ2v) is 10.3. The third-order valence-electron chi connectivity index (χ3n) is 7.55. The van der Waals surface area contributed by atoms with Crippen molar-refractivity contribution in [3.8, 4) is 22.8 Å². The van der Waals surface area contributed by atoms with Crippen LogP contribution in [0.25, 0.3) is 22.8 Å². The number of pyridine rings is 1. The van der Waals surface area contributed by atoms with Crippen molar-refractivity contribution < 1.29 is 4.52 Å². The number of benzene rings is 1. The Morgan fingerprint density at radius 1 is 0.868 bits per heavy atom. The van der Waals surface area contributed by atoms with Gasteiger partial charge in [-0.3, -0.25) is 4.98 Å². The molecule has 38 heavy (non-hydrogen) atoms. The van der Waals surface area contributed by atoms with Gasteiger partial charge in [-0.05, 0) is 43.9 Å². The Balaban J connectivity index is 1.10. The molecular formula is C29H34N8O. The molecule has 1 saturated heterocycles. The fourth-order valence-corrected chi connectivity index (χ4v) is 5.63. The van der Waals surface area contributed by atoms with E-state index >= 15 is 0 Å². The monoisotopic (exact) mass is 510 g/mol. The van der Waals surface area contributed by atoms with Crippen LogP contribution in [-0.2, 0) is 0 Å². The molecule has 6 rings (SSSR count). The van der Waals surface area contributed by atoms with Gasteiger partial charge in [0.1, 0.15) is 5.69 Å². The average Bonchev–Trinajstić information content (AvgIpc) is 3.41. The molecule has 4 aromatic rings. The SMILES string of the molecule is Cc1nc(-c2ccc(N3CCC[C@H](N[C@@H]4CCCC[C@H]4Nc4nccc(-c5ccccc5)n4)C3)cn2)no1. The number of anilines is 2. The lowest BCUT2D eigenvalue weighted by atomic mass is 9.89. The highest BCUT2D eigenvalue weighted by molar-refractivity contribution is 5.59. The van der Waals surface area contributed by atoms with E-state index in [0.29, 0.717) is 35.8 Å². The Hall–Kier alpha value is -3.85. The van der Waals surface area contributed by atoms with E-state index in [1.54, 1.807) is 6.92 Å². The van der Waals surface area contributed by atoms with Crippen molar-refractivity contribution in [1.29, 1.82) is 0 Å². The Morgan fingerprint density at radius 3 is 2.53 bits per heavy atom. The molecule has 9 heteroatoms. The summed E-state index contributed by atoms with van der Waals surface area (Å²) >= 11 is 0. The molecule has 3 atom stereocenters.